The molecule has 1 atom stereocenters. The summed E-state index contributed by atoms with van der Waals surface area (Å²) in [6.45, 7) is 2.76. The molecule has 0 unspecified atom stereocenters. The summed E-state index contributed by atoms with van der Waals surface area (Å²) in [5.41, 5.74) is 0.957. The zero-order valence-electron chi connectivity index (χ0n) is 10.7. The van der Waals surface area contributed by atoms with Gasteiger partial charge in [0.05, 0.1) is 6.04 Å². The standard InChI is InChI=1S/C14H15NO4/c1-2-11-8-17-14(16)15(11)6-5-10-3-4-12-13(7-10)19-9-18-12/h3-7,11H,2,8-9H2,1H3/b6-5+/t11-/m1/s1. The molecule has 0 radical (unpaired) electrons. The molecule has 1 fully saturated rings. The number of ether oxygens (including phenoxy) is 3. The number of hydrogen-bond acceptors (Lipinski definition) is 4. The molecule has 0 N–H and O–H groups in total. The molecule has 1 aromatic rings. The Bertz CT molecular complexity index is 526. The third-order valence-corrected chi connectivity index (χ3v) is 3.30. The minimum atomic E-state index is -0.288. The minimum absolute atomic E-state index is 0.123. The van der Waals surface area contributed by atoms with Crippen molar-refractivity contribution in [2.45, 2.75) is 19.4 Å². The van der Waals surface area contributed by atoms with Crippen molar-refractivity contribution in [3.8, 4) is 11.5 Å². The zero-order chi connectivity index (χ0) is 13.2. The SMILES string of the molecule is CC[C@@H]1COC(=O)N1/C=C/c1ccc2c(c1)OCO2. The van der Waals surface area contributed by atoms with E-state index in [4.69, 9.17) is 14.2 Å². The lowest BCUT2D eigenvalue weighted by molar-refractivity contribution is 0.166. The Morgan fingerprint density at radius 2 is 2.16 bits per heavy atom. The van der Waals surface area contributed by atoms with E-state index in [1.165, 1.54) is 0 Å². The van der Waals surface area contributed by atoms with Crippen LogP contribution in [0.25, 0.3) is 6.08 Å². The van der Waals surface area contributed by atoms with Crippen LogP contribution >= 0.6 is 0 Å². The smallest absolute Gasteiger partial charge is 0.414 e. The predicted molar refractivity (Wildman–Crippen MR) is 68.9 cm³/mol. The highest BCUT2D eigenvalue weighted by Gasteiger charge is 2.29. The second-order valence-corrected chi connectivity index (χ2v) is 4.47. The van der Waals surface area contributed by atoms with E-state index in [2.05, 4.69) is 0 Å². The molecule has 0 bridgehead atoms. The van der Waals surface area contributed by atoms with Crippen molar-refractivity contribution in [1.29, 1.82) is 0 Å². The van der Waals surface area contributed by atoms with Gasteiger partial charge in [-0.2, -0.15) is 0 Å². The molecule has 0 spiro atoms. The van der Waals surface area contributed by atoms with Crippen LogP contribution in [0.5, 0.6) is 11.5 Å². The number of cyclic esters (lactones) is 1. The van der Waals surface area contributed by atoms with Gasteiger partial charge in [0.15, 0.2) is 11.5 Å². The van der Waals surface area contributed by atoms with Crippen LogP contribution in [0.3, 0.4) is 0 Å². The van der Waals surface area contributed by atoms with Crippen LogP contribution in [0.2, 0.25) is 0 Å². The van der Waals surface area contributed by atoms with E-state index < -0.39 is 0 Å². The topological polar surface area (TPSA) is 48.0 Å². The first-order chi connectivity index (χ1) is 9.28. The average Bonchev–Trinajstić information content (AvgIpc) is 3.02. The van der Waals surface area contributed by atoms with Crippen LogP contribution in [-0.4, -0.2) is 30.4 Å². The highest BCUT2D eigenvalue weighted by atomic mass is 16.7. The van der Waals surface area contributed by atoms with Gasteiger partial charge in [0.2, 0.25) is 6.79 Å². The van der Waals surface area contributed by atoms with Crippen LogP contribution < -0.4 is 9.47 Å². The summed E-state index contributed by atoms with van der Waals surface area (Å²) in [7, 11) is 0. The summed E-state index contributed by atoms with van der Waals surface area (Å²) < 4.78 is 15.6. The van der Waals surface area contributed by atoms with Crippen LogP contribution in [0, 0.1) is 0 Å². The molecule has 0 aliphatic carbocycles. The molecule has 5 nitrogen and oxygen atoms in total. The third kappa shape index (κ3) is 2.23. The number of fused-ring (bicyclic) bond motifs is 1. The van der Waals surface area contributed by atoms with Gasteiger partial charge >= 0.3 is 6.09 Å². The summed E-state index contributed by atoms with van der Waals surface area (Å²) in [6, 6.07) is 5.80. The van der Waals surface area contributed by atoms with E-state index in [-0.39, 0.29) is 18.9 Å². The molecule has 2 aliphatic heterocycles. The van der Waals surface area contributed by atoms with Crippen LogP contribution in [0.15, 0.2) is 24.4 Å². The molecule has 2 heterocycles. The molecule has 1 saturated heterocycles. The van der Waals surface area contributed by atoms with Crippen molar-refractivity contribution in [3.05, 3.63) is 30.0 Å². The van der Waals surface area contributed by atoms with Crippen LogP contribution in [0.1, 0.15) is 18.9 Å². The Kier molecular flexibility index (Phi) is 3.03. The zero-order valence-corrected chi connectivity index (χ0v) is 10.7. The molecule has 2 aliphatic rings. The number of hydrogen-bond donors (Lipinski definition) is 0. The first-order valence-electron chi connectivity index (χ1n) is 6.31. The molecule has 0 saturated carbocycles. The lowest BCUT2D eigenvalue weighted by atomic mass is 10.2. The van der Waals surface area contributed by atoms with E-state index in [0.717, 1.165) is 23.5 Å². The molecule has 19 heavy (non-hydrogen) atoms. The number of nitrogens with zero attached hydrogens (tertiary/aromatic N) is 1. The maximum absolute atomic E-state index is 11.6. The van der Waals surface area contributed by atoms with Crippen molar-refractivity contribution in [3.63, 3.8) is 0 Å². The highest BCUT2D eigenvalue weighted by molar-refractivity contribution is 5.73. The van der Waals surface area contributed by atoms with Gasteiger partial charge < -0.3 is 14.2 Å². The first kappa shape index (κ1) is 11.9. The molecule has 100 valence electrons. The largest absolute Gasteiger partial charge is 0.454 e. The van der Waals surface area contributed by atoms with Gasteiger partial charge in [0, 0.05) is 6.20 Å². The summed E-state index contributed by atoms with van der Waals surface area (Å²) >= 11 is 0. The molecule has 5 heteroatoms. The maximum atomic E-state index is 11.6. The van der Waals surface area contributed by atoms with Crippen molar-refractivity contribution in [1.82, 2.24) is 4.90 Å². The van der Waals surface area contributed by atoms with Gasteiger partial charge in [0.25, 0.3) is 0 Å². The first-order valence-corrected chi connectivity index (χ1v) is 6.31. The second kappa shape index (κ2) is 4.84. The van der Waals surface area contributed by atoms with Gasteiger partial charge in [-0.15, -0.1) is 0 Å². The van der Waals surface area contributed by atoms with Gasteiger partial charge in [-0.05, 0) is 30.2 Å². The second-order valence-electron chi connectivity index (χ2n) is 4.47. The Morgan fingerprint density at radius 3 is 3.00 bits per heavy atom. The Labute approximate surface area is 111 Å². The summed E-state index contributed by atoms with van der Waals surface area (Å²) in [5, 5.41) is 0. The average molecular weight is 261 g/mol. The highest BCUT2D eigenvalue weighted by Crippen LogP contribution is 2.32. The lowest BCUT2D eigenvalue weighted by Gasteiger charge is -2.14. The monoisotopic (exact) mass is 261 g/mol. The number of benzene rings is 1. The number of rotatable bonds is 3. The maximum Gasteiger partial charge on any atom is 0.414 e. The fourth-order valence-corrected chi connectivity index (χ4v) is 2.15. The third-order valence-electron chi connectivity index (χ3n) is 3.30. The van der Waals surface area contributed by atoms with Gasteiger partial charge in [-0.25, -0.2) is 4.79 Å². The van der Waals surface area contributed by atoms with E-state index in [1.54, 1.807) is 11.1 Å². The molecular weight excluding hydrogens is 246 g/mol. The van der Waals surface area contributed by atoms with E-state index in [9.17, 15) is 4.79 Å². The Balaban J connectivity index is 1.77. The van der Waals surface area contributed by atoms with Crippen molar-refractivity contribution in [2.24, 2.45) is 0 Å². The van der Waals surface area contributed by atoms with Crippen LogP contribution in [0.4, 0.5) is 4.79 Å². The molecule has 3 rings (SSSR count). The molecule has 0 aromatic heterocycles. The summed E-state index contributed by atoms with van der Waals surface area (Å²) in [4.78, 5) is 13.2. The predicted octanol–water partition coefficient (Wildman–Crippen LogP) is 2.62. The normalized spacial score (nSPS) is 21.2. The summed E-state index contributed by atoms with van der Waals surface area (Å²) in [6.07, 6.45) is 4.22. The van der Waals surface area contributed by atoms with Crippen molar-refractivity contribution in [2.75, 3.05) is 13.4 Å². The lowest BCUT2D eigenvalue weighted by Crippen LogP contribution is -2.27. The quantitative estimate of drug-likeness (QED) is 0.839. The van der Waals surface area contributed by atoms with Crippen LogP contribution in [-0.2, 0) is 4.74 Å². The van der Waals surface area contributed by atoms with Gasteiger partial charge in [0.1, 0.15) is 6.61 Å². The number of carbonyl (C=O) groups is 1. The van der Waals surface area contributed by atoms with Gasteiger partial charge in [-0.3, -0.25) is 4.90 Å². The van der Waals surface area contributed by atoms with Gasteiger partial charge in [-0.1, -0.05) is 13.0 Å². The van der Waals surface area contributed by atoms with Crippen molar-refractivity contribution < 1.29 is 19.0 Å². The fraction of sp³-hybridized carbons (Fsp3) is 0.357. The number of carbonyl (C=O) groups excluding carboxylic acids is 1. The molecule has 1 amide bonds. The summed E-state index contributed by atoms with van der Waals surface area (Å²) in [5.74, 6) is 1.49. The fourth-order valence-electron chi connectivity index (χ4n) is 2.15. The van der Waals surface area contributed by atoms with Crippen molar-refractivity contribution >= 4 is 12.2 Å². The van der Waals surface area contributed by atoms with E-state index in [1.807, 2.05) is 31.2 Å². The Morgan fingerprint density at radius 1 is 1.32 bits per heavy atom. The molecule has 1 aromatic carbocycles. The van der Waals surface area contributed by atoms with E-state index in [0.29, 0.717) is 6.61 Å². The number of amides is 1. The van der Waals surface area contributed by atoms with E-state index >= 15 is 0 Å². The molecular formula is C14H15NO4. The minimum Gasteiger partial charge on any atom is -0.454 e. The Hall–Kier alpha value is -2.17.